The van der Waals surface area contributed by atoms with Crippen LogP contribution in [-0.4, -0.2) is 57.1 Å². The zero-order valence-electron chi connectivity index (χ0n) is 23.6. The Hall–Kier alpha value is -4.22. The molecule has 1 fully saturated rings. The van der Waals surface area contributed by atoms with Crippen molar-refractivity contribution in [3.63, 3.8) is 0 Å². The number of hydrogen-bond donors (Lipinski definition) is 2. The lowest BCUT2D eigenvalue weighted by Gasteiger charge is -2.22. The molecule has 0 spiro atoms. The Labute approximate surface area is 246 Å². The van der Waals surface area contributed by atoms with E-state index in [1.807, 2.05) is 6.07 Å². The fourth-order valence-corrected chi connectivity index (χ4v) is 5.98. The molecule has 42 heavy (non-hydrogen) atoms. The van der Waals surface area contributed by atoms with Crippen LogP contribution >= 0.6 is 0 Å². The monoisotopic (exact) mass is 592 g/mol. The number of nitrogens with zero attached hydrogens (tertiary/aromatic N) is 2. The number of amides is 2. The van der Waals surface area contributed by atoms with Gasteiger partial charge in [-0.1, -0.05) is 49.6 Å². The standard InChI is InChI=1S/C31H36N4O6S/c1-40-27-16-18-29(19-17-27)42(38,39)35(21-25-8-4-2-5-9-25)22-30(36)34-32-20-24-12-14-28(15-13-24)41-23-31(37)33-26-10-6-3-7-11-26/h2,4-5,8-9,12-20,26H,3,6-7,10-11,21-23H2,1H3,(H,33,37)(H,34,36)/b32-20-. The van der Waals surface area contributed by atoms with Crippen molar-refractivity contribution in [1.82, 2.24) is 15.0 Å². The van der Waals surface area contributed by atoms with Gasteiger partial charge in [0.2, 0.25) is 10.0 Å². The summed E-state index contributed by atoms with van der Waals surface area (Å²) < 4.78 is 38.7. The lowest BCUT2D eigenvalue weighted by molar-refractivity contribution is -0.124. The molecule has 0 radical (unpaired) electrons. The van der Waals surface area contributed by atoms with Gasteiger partial charge < -0.3 is 14.8 Å². The molecule has 1 aliphatic rings. The third-order valence-electron chi connectivity index (χ3n) is 6.84. The fraction of sp³-hybridized carbons (Fsp3) is 0.323. The van der Waals surface area contributed by atoms with Gasteiger partial charge in [0.25, 0.3) is 11.8 Å². The van der Waals surface area contributed by atoms with Crippen LogP contribution in [0.1, 0.15) is 43.2 Å². The van der Waals surface area contributed by atoms with E-state index in [1.165, 1.54) is 31.9 Å². The van der Waals surface area contributed by atoms with E-state index >= 15 is 0 Å². The molecule has 222 valence electrons. The molecule has 0 aliphatic heterocycles. The SMILES string of the molecule is COc1ccc(S(=O)(=O)N(CC(=O)N/N=C\c2ccc(OCC(=O)NC3CCCCC3)cc2)Cc2ccccc2)cc1. The van der Waals surface area contributed by atoms with Crippen LogP contribution in [0.25, 0.3) is 0 Å². The van der Waals surface area contributed by atoms with Crippen LogP contribution in [0.3, 0.4) is 0 Å². The van der Waals surface area contributed by atoms with Crippen LogP contribution in [0, 0.1) is 0 Å². The molecule has 3 aromatic rings. The van der Waals surface area contributed by atoms with E-state index in [0.717, 1.165) is 35.6 Å². The second-order valence-electron chi connectivity index (χ2n) is 9.99. The van der Waals surface area contributed by atoms with Crippen molar-refractivity contribution in [2.24, 2.45) is 5.10 Å². The van der Waals surface area contributed by atoms with Crippen molar-refractivity contribution >= 4 is 28.1 Å². The minimum Gasteiger partial charge on any atom is -0.497 e. The van der Waals surface area contributed by atoms with E-state index in [0.29, 0.717) is 17.1 Å². The predicted octanol–water partition coefficient (Wildman–Crippen LogP) is 3.86. The molecule has 11 heteroatoms. The lowest BCUT2D eigenvalue weighted by atomic mass is 9.95. The highest BCUT2D eigenvalue weighted by atomic mass is 32.2. The molecule has 0 heterocycles. The number of hydrogen-bond acceptors (Lipinski definition) is 7. The Morgan fingerprint density at radius 2 is 1.57 bits per heavy atom. The van der Waals surface area contributed by atoms with E-state index in [2.05, 4.69) is 15.8 Å². The van der Waals surface area contributed by atoms with Crippen LogP contribution in [0.2, 0.25) is 0 Å². The third-order valence-corrected chi connectivity index (χ3v) is 8.65. The molecule has 2 amide bonds. The first-order valence-electron chi connectivity index (χ1n) is 13.9. The number of benzene rings is 3. The molecular formula is C31H36N4O6S. The summed E-state index contributed by atoms with van der Waals surface area (Å²) in [6, 6.07) is 22.2. The molecule has 0 aromatic heterocycles. The van der Waals surface area contributed by atoms with E-state index < -0.39 is 22.5 Å². The van der Waals surface area contributed by atoms with Gasteiger partial charge in [-0.25, -0.2) is 13.8 Å². The largest absolute Gasteiger partial charge is 0.497 e. The van der Waals surface area contributed by atoms with Crippen LogP contribution in [0.15, 0.2) is 88.9 Å². The van der Waals surface area contributed by atoms with Crippen molar-refractivity contribution in [1.29, 1.82) is 0 Å². The minimum atomic E-state index is -4.00. The number of carbonyl (C=O) groups excluding carboxylic acids is 2. The van der Waals surface area contributed by atoms with Crippen LogP contribution < -0.4 is 20.2 Å². The molecule has 10 nitrogen and oxygen atoms in total. The van der Waals surface area contributed by atoms with Gasteiger partial charge in [-0.2, -0.15) is 9.41 Å². The number of nitrogens with one attached hydrogen (secondary N) is 2. The van der Waals surface area contributed by atoms with Crippen molar-refractivity contribution in [2.75, 3.05) is 20.3 Å². The maximum Gasteiger partial charge on any atom is 0.258 e. The molecule has 4 rings (SSSR count). The van der Waals surface area contributed by atoms with Gasteiger partial charge in [0, 0.05) is 12.6 Å². The van der Waals surface area contributed by atoms with Gasteiger partial charge in [-0.3, -0.25) is 9.59 Å². The Balaban J connectivity index is 1.32. The molecule has 3 aromatic carbocycles. The second kappa shape index (κ2) is 15.1. The second-order valence-corrected chi connectivity index (χ2v) is 11.9. The third kappa shape index (κ3) is 9.15. The van der Waals surface area contributed by atoms with Gasteiger partial charge in [-0.05, 0) is 72.5 Å². The summed E-state index contributed by atoms with van der Waals surface area (Å²) in [5.74, 6) is 0.333. The summed E-state index contributed by atoms with van der Waals surface area (Å²) in [6.45, 7) is -0.484. The number of methoxy groups -OCH3 is 1. The zero-order chi connectivity index (χ0) is 29.8. The number of hydrazone groups is 1. The minimum absolute atomic E-state index is 0.00643. The number of ether oxygens (including phenoxy) is 2. The number of sulfonamides is 1. The first-order valence-corrected chi connectivity index (χ1v) is 15.3. The van der Waals surface area contributed by atoms with Gasteiger partial charge in [0.1, 0.15) is 11.5 Å². The highest BCUT2D eigenvalue weighted by Crippen LogP contribution is 2.21. The first-order chi connectivity index (χ1) is 20.3. The first kappa shape index (κ1) is 30.7. The Morgan fingerprint density at radius 3 is 2.24 bits per heavy atom. The molecule has 1 saturated carbocycles. The summed E-state index contributed by atoms with van der Waals surface area (Å²) >= 11 is 0. The normalized spacial score (nSPS) is 14.0. The molecular weight excluding hydrogens is 556 g/mol. The van der Waals surface area contributed by atoms with Crippen molar-refractivity contribution in [2.45, 2.75) is 49.6 Å². The van der Waals surface area contributed by atoms with Crippen LogP contribution in [0.5, 0.6) is 11.5 Å². The average molecular weight is 593 g/mol. The summed E-state index contributed by atoms with van der Waals surface area (Å²) in [4.78, 5) is 25.0. The van der Waals surface area contributed by atoms with E-state index in [9.17, 15) is 18.0 Å². The Kier molecular flexibility index (Phi) is 11.1. The van der Waals surface area contributed by atoms with E-state index in [-0.39, 0.29) is 30.0 Å². The summed E-state index contributed by atoms with van der Waals surface area (Å²) in [6.07, 6.45) is 6.98. The van der Waals surface area contributed by atoms with Crippen molar-refractivity contribution in [3.05, 3.63) is 90.0 Å². The lowest BCUT2D eigenvalue weighted by Crippen LogP contribution is -2.39. The molecule has 2 N–H and O–H groups in total. The Morgan fingerprint density at radius 1 is 0.905 bits per heavy atom. The quantitative estimate of drug-likeness (QED) is 0.229. The fourth-order valence-electron chi connectivity index (χ4n) is 4.60. The van der Waals surface area contributed by atoms with Gasteiger partial charge >= 0.3 is 0 Å². The van der Waals surface area contributed by atoms with Crippen LogP contribution in [0.4, 0.5) is 0 Å². The summed E-state index contributed by atoms with van der Waals surface area (Å²) in [5.41, 5.74) is 3.82. The van der Waals surface area contributed by atoms with Gasteiger partial charge in [0.05, 0.1) is 24.8 Å². The molecule has 0 atom stereocenters. The maximum absolute atomic E-state index is 13.4. The average Bonchev–Trinajstić information content (AvgIpc) is 3.01. The molecule has 0 unspecified atom stereocenters. The molecule has 0 bridgehead atoms. The van der Waals surface area contributed by atoms with Crippen molar-refractivity contribution < 1.29 is 27.5 Å². The van der Waals surface area contributed by atoms with Crippen molar-refractivity contribution in [3.8, 4) is 11.5 Å². The molecule has 1 aliphatic carbocycles. The number of rotatable bonds is 13. The summed E-state index contributed by atoms with van der Waals surface area (Å²) in [5, 5.41) is 7.00. The van der Waals surface area contributed by atoms with Gasteiger partial charge in [-0.15, -0.1) is 0 Å². The van der Waals surface area contributed by atoms with Crippen LogP contribution in [-0.2, 0) is 26.2 Å². The smallest absolute Gasteiger partial charge is 0.258 e. The highest BCUT2D eigenvalue weighted by Gasteiger charge is 2.27. The van der Waals surface area contributed by atoms with E-state index in [1.54, 1.807) is 60.7 Å². The molecule has 0 saturated heterocycles. The Bertz CT molecular complexity index is 1440. The highest BCUT2D eigenvalue weighted by molar-refractivity contribution is 7.89. The maximum atomic E-state index is 13.4. The number of carbonyl (C=O) groups is 2. The zero-order valence-corrected chi connectivity index (χ0v) is 24.4. The summed E-state index contributed by atoms with van der Waals surface area (Å²) in [7, 11) is -2.50. The topological polar surface area (TPSA) is 126 Å². The predicted molar refractivity (Wildman–Crippen MR) is 160 cm³/mol. The van der Waals surface area contributed by atoms with E-state index in [4.69, 9.17) is 9.47 Å². The van der Waals surface area contributed by atoms with Gasteiger partial charge in [0.15, 0.2) is 6.61 Å².